The van der Waals surface area contributed by atoms with Crippen LogP contribution >= 0.6 is 0 Å². The van der Waals surface area contributed by atoms with Gasteiger partial charge in [-0.3, -0.25) is 9.59 Å². The molecule has 2 aliphatic rings. The van der Waals surface area contributed by atoms with Crippen molar-refractivity contribution in [2.24, 2.45) is 5.92 Å². The smallest absolute Gasteiger partial charge is 0.338 e. The van der Waals surface area contributed by atoms with E-state index in [1.54, 1.807) is 48.5 Å². The summed E-state index contributed by atoms with van der Waals surface area (Å²) in [5, 5.41) is 1.31. The van der Waals surface area contributed by atoms with Crippen LogP contribution < -0.4 is 5.06 Å². The molecule has 0 aliphatic carbocycles. The molecule has 23 heavy (non-hydrogen) atoms. The van der Waals surface area contributed by atoms with Gasteiger partial charge in [0, 0.05) is 5.56 Å². The van der Waals surface area contributed by atoms with Crippen LogP contribution in [0.1, 0.15) is 22.8 Å². The fraction of sp³-hybridized carbons (Fsp3) is 0.167. The van der Waals surface area contributed by atoms with Crippen molar-refractivity contribution in [3.63, 3.8) is 0 Å². The highest BCUT2D eigenvalue weighted by molar-refractivity contribution is 6.21. The maximum absolute atomic E-state index is 13.2. The van der Waals surface area contributed by atoms with Gasteiger partial charge in [0.1, 0.15) is 5.78 Å². The molecule has 0 bridgehead atoms. The summed E-state index contributed by atoms with van der Waals surface area (Å²) in [5.41, 5.74) is 0.0919. The summed E-state index contributed by atoms with van der Waals surface area (Å²) in [6.45, 7) is 1.32. The number of hydroxylamine groups is 1. The van der Waals surface area contributed by atoms with E-state index in [4.69, 9.17) is 4.84 Å². The lowest BCUT2D eigenvalue weighted by molar-refractivity contribution is -0.145. The molecule has 4 rings (SSSR count). The van der Waals surface area contributed by atoms with Crippen LogP contribution in [0.5, 0.6) is 0 Å². The number of ketones is 2. The predicted octanol–water partition coefficient (Wildman–Crippen LogP) is 2.26. The van der Waals surface area contributed by atoms with E-state index in [-0.39, 0.29) is 11.6 Å². The monoisotopic (exact) mass is 307 g/mol. The Kier molecular flexibility index (Phi) is 2.69. The third-order valence-corrected chi connectivity index (χ3v) is 4.49. The number of para-hydroxylation sites is 1. The van der Waals surface area contributed by atoms with Crippen molar-refractivity contribution < 1.29 is 19.2 Å². The number of Topliss-reactive ketones (excluding diaryl/α,β-unsaturated/α-hetero) is 2. The molecule has 5 nitrogen and oxygen atoms in total. The summed E-state index contributed by atoms with van der Waals surface area (Å²) in [6.07, 6.45) is 0. The second-order valence-corrected chi connectivity index (χ2v) is 5.73. The molecule has 2 aromatic rings. The summed E-state index contributed by atoms with van der Waals surface area (Å²) in [7, 11) is 0. The van der Waals surface area contributed by atoms with Crippen LogP contribution in [-0.2, 0) is 20.0 Å². The van der Waals surface area contributed by atoms with E-state index in [0.29, 0.717) is 16.8 Å². The minimum Gasteiger partial charge on any atom is -0.338 e. The average molecular weight is 307 g/mol. The summed E-state index contributed by atoms with van der Waals surface area (Å²) >= 11 is 0. The second kappa shape index (κ2) is 4.52. The number of benzene rings is 2. The average Bonchev–Trinajstić information content (AvgIpc) is 3.00. The van der Waals surface area contributed by atoms with Crippen LogP contribution in [0.2, 0.25) is 0 Å². The van der Waals surface area contributed by atoms with Crippen LogP contribution in [0.15, 0.2) is 54.6 Å². The maximum atomic E-state index is 13.2. The normalized spacial score (nSPS) is 25.1. The molecule has 0 saturated carbocycles. The summed E-state index contributed by atoms with van der Waals surface area (Å²) in [5.74, 6) is -2.54. The Morgan fingerprint density at radius 1 is 1.04 bits per heavy atom. The highest BCUT2D eigenvalue weighted by Gasteiger charge is 2.68. The van der Waals surface area contributed by atoms with Crippen LogP contribution in [0.4, 0.5) is 5.69 Å². The Morgan fingerprint density at radius 2 is 1.70 bits per heavy atom. The minimum atomic E-state index is -1.45. The number of fused-ring (bicyclic) bond motifs is 3. The maximum Gasteiger partial charge on any atom is 0.346 e. The van der Waals surface area contributed by atoms with E-state index in [9.17, 15) is 14.4 Å². The zero-order valence-corrected chi connectivity index (χ0v) is 12.4. The van der Waals surface area contributed by atoms with Gasteiger partial charge in [0.25, 0.3) is 0 Å². The van der Waals surface area contributed by atoms with Gasteiger partial charge in [-0.15, -0.1) is 0 Å². The number of carbonyl (C=O) groups excluding carboxylic acids is 3. The van der Waals surface area contributed by atoms with Crippen molar-refractivity contribution in [1.82, 2.24) is 0 Å². The lowest BCUT2D eigenvalue weighted by Gasteiger charge is -2.31. The first-order valence-corrected chi connectivity index (χ1v) is 7.30. The van der Waals surface area contributed by atoms with Crippen LogP contribution in [0.3, 0.4) is 0 Å². The third kappa shape index (κ3) is 1.54. The van der Waals surface area contributed by atoms with Gasteiger partial charge in [0.2, 0.25) is 0 Å². The fourth-order valence-corrected chi connectivity index (χ4v) is 3.58. The van der Waals surface area contributed by atoms with Crippen molar-refractivity contribution in [3.8, 4) is 0 Å². The van der Waals surface area contributed by atoms with Gasteiger partial charge in [0.05, 0.1) is 5.69 Å². The molecular weight excluding hydrogens is 294 g/mol. The van der Waals surface area contributed by atoms with Gasteiger partial charge < -0.3 is 4.84 Å². The summed E-state index contributed by atoms with van der Waals surface area (Å²) in [6, 6.07) is 15.8. The summed E-state index contributed by atoms with van der Waals surface area (Å²) in [4.78, 5) is 43.1. The molecule has 0 aromatic heterocycles. The Bertz CT molecular complexity index is 845. The number of carbonyl (C=O) groups is 3. The first-order chi connectivity index (χ1) is 11.1. The zero-order valence-electron chi connectivity index (χ0n) is 12.4. The molecule has 2 aliphatic heterocycles. The van der Waals surface area contributed by atoms with Gasteiger partial charge in [-0.2, -0.15) is 5.06 Å². The van der Waals surface area contributed by atoms with Gasteiger partial charge >= 0.3 is 5.97 Å². The highest BCUT2D eigenvalue weighted by Crippen LogP contribution is 2.53. The minimum absolute atomic E-state index is 0.287. The molecule has 0 spiro atoms. The zero-order chi connectivity index (χ0) is 16.2. The molecule has 0 radical (unpaired) electrons. The van der Waals surface area contributed by atoms with Gasteiger partial charge in [-0.25, -0.2) is 4.79 Å². The molecule has 2 heterocycles. The molecule has 2 aromatic carbocycles. The molecule has 2 atom stereocenters. The summed E-state index contributed by atoms with van der Waals surface area (Å²) < 4.78 is 0. The quantitative estimate of drug-likeness (QED) is 0.796. The van der Waals surface area contributed by atoms with E-state index in [1.807, 2.05) is 6.07 Å². The number of hydrogen-bond acceptors (Lipinski definition) is 5. The van der Waals surface area contributed by atoms with Crippen molar-refractivity contribution in [2.45, 2.75) is 12.5 Å². The van der Waals surface area contributed by atoms with Gasteiger partial charge in [-0.05, 0) is 24.6 Å². The first-order valence-electron chi connectivity index (χ1n) is 7.30. The topological polar surface area (TPSA) is 63.7 Å². The number of hydrogen-bond donors (Lipinski definition) is 0. The van der Waals surface area contributed by atoms with Crippen LogP contribution in [0, 0.1) is 5.92 Å². The molecule has 1 saturated heterocycles. The number of rotatable bonds is 2. The number of nitrogens with zero attached hydrogens (tertiary/aromatic N) is 1. The van der Waals surface area contributed by atoms with Crippen molar-refractivity contribution in [2.75, 3.05) is 5.06 Å². The van der Waals surface area contributed by atoms with Crippen molar-refractivity contribution in [3.05, 3.63) is 65.7 Å². The lowest BCUT2D eigenvalue weighted by atomic mass is 9.74. The van der Waals surface area contributed by atoms with Gasteiger partial charge in [-0.1, -0.05) is 42.5 Å². The molecule has 114 valence electrons. The Balaban J connectivity index is 2.06. The Labute approximate surface area is 132 Å². The SMILES string of the molecule is CC(=O)C1C(=O)ON2c3ccccc3C(=O)C12c1ccccc1. The Hall–Kier alpha value is -2.95. The van der Waals surface area contributed by atoms with E-state index < -0.39 is 17.4 Å². The molecule has 2 unspecified atom stereocenters. The van der Waals surface area contributed by atoms with E-state index >= 15 is 0 Å². The predicted molar refractivity (Wildman–Crippen MR) is 81.6 cm³/mol. The standard InChI is InChI=1S/C18H13NO4/c1-11(20)15-17(22)23-19-14-10-6-5-9-13(14)16(21)18(15,19)12-7-3-2-4-8-12/h2-10,15H,1H3. The molecule has 0 amide bonds. The largest absolute Gasteiger partial charge is 0.346 e. The molecule has 1 fully saturated rings. The van der Waals surface area contributed by atoms with E-state index in [0.717, 1.165) is 0 Å². The van der Waals surface area contributed by atoms with Gasteiger partial charge in [0.15, 0.2) is 17.2 Å². The van der Waals surface area contributed by atoms with Crippen LogP contribution in [-0.4, -0.2) is 17.5 Å². The second-order valence-electron chi connectivity index (χ2n) is 5.73. The van der Waals surface area contributed by atoms with E-state index in [1.165, 1.54) is 12.0 Å². The highest BCUT2D eigenvalue weighted by atomic mass is 16.7. The molecular formula is C18H13NO4. The van der Waals surface area contributed by atoms with Crippen molar-refractivity contribution in [1.29, 1.82) is 0 Å². The Morgan fingerprint density at radius 3 is 2.39 bits per heavy atom. The van der Waals surface area contributed by atoms with Crippen molar-refractivity contribution >= 4 is 23.2 Å². The van der Waals surface area contributed by atoms with E-state index in [2.05, 4.69) is 0 Å². The number of anilines is 1. The molecule has 0 N–H and O–H groups in total. The first kappa shape index (κ1) is 13.7. The third-order valence-electron chi connectivity index (χ3n) is 4.49. The van der Waals surface area contributed by atoms with Crippen LogP contribution in [0.25, 0.3) is 0 Å². The molecule has 5 heteroatoms. The fourth-order valence-electron chi connectivity index (χ4n) is 3.58. The lowest BCUT2D eigenvalue weighted by Crippen LogP contribution is -2.49.